The molecule has 4 heteroatoms. The van der Waals surface area contributed by atoms with Crippen LogP contribution in [0.1, 0.15) is 15.9 Å². The molecule has 0 heterocycles. The average molecular weight is 292 g/mol. The van der Waals surface area contributed by atoms with Crippen LogP contribution in [0.3, 0.4) is 0 Å². The van der Waals surface area contributed by atoms with Crippen LogP contribution in [0.25, 0.3) is 0 Å². The molecule has 0 radical (unpaired) electrons. The molecule has 2 aromatic rings. The van der Waals surface area contributed by atoms with Crippen molar-refractivity contribution >= 4 is 27.4 Å². The van der Waals surface area contributed by atoms with Gasteiger partial charge in [0.1, 0.15) is 5.75 Å². The highest BCUT2D eigenvalue weighted by Crippen LogP contribution is 2.22. The van der Waals surface area contributed by atoms with Gasteiger partial charge in [-0.25, -0.2) is 0 Å². The normalized spacial score (nSPS) is 10.2. The molecular weight excluding hydrogens is 282 g/mol. The first-order valence-corrected chi connectivity index (χ1v) is 5.76. The number of carbonyl (C=O) groups excluding carboxylic acids is 1. The van der Waals surface area contributed by atoms with E-state index in [-0.39, 0.29) is 11.5 Å². The first kappa shape index (κ1) is 11.7. The van der Waals surface area contributed by atoms with Crippen LogP contribution >= 0.6 is 15.9 Å². The van der Waals surface area contributed by atoms with Gasteiger partial charge in [-0.3, -0.25) is 4.79 Å². The molecule has 0 aromatic heterocycles. The molecule has 0 spiro atoms. The first-order chi connectivity index (χ1) is 8.08. The fourth-order valence-electron chi connectivity index (χ4n) is 1.53. The summed E-state index contributed by atoms with van der Waals surface area (Å²) in [6, 6.07) is 11.3. The van der Waals surface area contributed by atoms with Crippen LogP contribution in [0.2, 0.25) is 0 Å². The number of hydrogen-bond donors (Lipinski definition) is 2. The highest BCUT2D eigenvalue weighted by atomic mass is 79.9. The quantitative estimate of drug-likeness (QED) is 0.660. The third-order valence-corrected chi connectivity index (χ3v) is 2.86. The third kappa shape index (κ3) is 2.47. The zero-order valence-corrected chi connectivity index (χ0v) is 10.4. The lowest BCUT2D eigenvalue weighted by molar-refractivity contribution is 0.103. The number of ketones is 1. The Kier molecular flexibility index (Phi) is 3.15. The van der Waals surface area contributed by atoms with Crippen molar-refractivity contribution in [2.45, 2.75) is 0 Å². The molecule has 0 aliphatic rings. The average Bonchev–Trinajstić information content (AvgIpc) is 2.31. The number of nitrogens with two attached hydrogens (primary N) is 1. The van der Waals surface area contributed by atoms with E-state index in [9.17, 15) is 9.90 Å². The number of hydrogen-bond acceptors (Lipinski definition) is 3. The van der Waals surface area contributed by atoms with Gasteiger partial charge in [-0.15, -0.1) is 0 Å². The van der Waals surface area contributed by atoms with Crippen LogP contribution in [0.15, 0.2) is 46.9 Å². The maximum atomic E-state index is 12.2. The van der Waals surface area contributed by atoms with Gasteiger partial charge in [0.15, 0.2) is 5.78 Å². The van der Waals surface area contributed by atoms with Crippen molar-refractivity contribution in [2.24, 2.45) is 0 Å². The van der Waals surface area contributed by atoms with Crippen LogP contribution in [0.4, 0.5) is 5.69 Å². The van der Waals surface area contributed by atoms with E-state index in [2.05, 4.69) is 15.9 Å². The van der Waals surface area contributed by atoms with E-state index in [0.717, 1.165) is 4.47 Å². The lowest BCUT2D eigenvalue weighted by Gasteiger charge is -2.05. The number of aromatic hydroxyl groups is 1. The van der Waals surface area contributed by atoms with Gasteiger partial charge in [-0.05, 0) is 30.3 Å². The van der Waals surface area contributed by atoms with Gasteiger partial charge in [0, 0.05) is 21.3 Å². The molecule has 2 aromatic carbocycles. The number of phenols is 1. The smallest absolute Gasteiger partial charge is 0.195 e. The molecule has 0 atom stereocenters. The summed E-state index contributed by atoms with van der Waals surface area (Å²) in [5, 5.41) is 9.34. The van der Waals surface area contributed by atoms with Crippen LogP contribution < -0.4 is 5.73 Å². The number of phenolic OH excluding ortho intramolecular Hbond substituents is 1. The minimum absolute atomic E-state index is 0.0596. The Morgan fingerprint density at radius 2 is 1.94 bits per heavy atom. The van der Waals surface area contributed by atoms with E-state index in [4.69, 9.17) is 5.73 Å². The van der Waals surface area contributed by atoms with Gasteiger partial charge < -0.3 is 10.8 Å². The minimum atomic E-state index is -0.209. The molecule has 0 fully saturated rings. The highest BCUT2D eigenvalue weighted by molar-refractivity contribution is 9.10. The summed E-state index contributed by atoms with van der Waals surface area (Å²) < 4.78 is 0.787. The molecule has 0 bridgehead atoms. The molecule has 86 valence electrons. The standard InChI is InChI=1S/C13H10BrNO2/c14-9-4-5-12(15)11(7-9)13(17)8-2-1-3-10(16)6-8/h1-7,16H,15H2. The molecule has 0 amide bonds. The van der Waals surface area contributed by atoms with E-state index < -0.39 is 0 Å². The van der Waals surface area contributed by atoms with Crippen LogP contribution in [-0.4, -0.2) is 10.9 Å². The molecule has 3 N–H and O–H groups in total. The molecular formula is C13H10BrNO2. The lowest BCUT2D eigenvalue weighted by Crippen LogP contribution is -2.05. The number of halogens is 1. The zero-order valence-electron chi connectivity index (χ0n) is 8.85. The maximum Gasteiger partial charge on any atom is 0.195 e. The van der Waals surface area contributed by atoms with Crippen molar-refractivity contribution in [3.8, 4) is 5.75 Å². The number of anilines is 1. The monoisotopic (exact) mass is 291 g/mol. The Morgan fingerprint density at radius 3 is 2.65 bits per heavy atom. The summed E-state index contributed by atoms with van der Waals surface area (Å²) in [6.45, 7) is 0. The van der Waals surface area contributed by atoms with Crippen molar-refractivity contribution < 1.29 is 9.90 Å². The predicted molar refractivity (Wildman–Crippen MR) is 70.1 cm³/mol. The van der Waals surface area contributed by atoms with Crippen LogP contribution in [0.5, 0.6) is 5.75 Å². The van der Waals surface area contributed by atoms with Gasteiger partial charge in [0.25, 0.3) is 0 Å². The van der Waals surface area contributed by atoms with Crippen LogP contribution in [0, 0.1) is 0 Å². The molecule has 0 saturated heterocycles. The summed E-state index contributed by atoms with van der Waals surface area (Å²) >= 11 is 3.29. The zero-order chi connectivity index (χ0) is 12.4. The van der Waals surface area contributed by atoms with E-state index in [1.807, 2.05) is 0 Å². The van der Waals surface area contributed by atoms with Gasteiger partial charge in [0.2, 0.25) is 0 Å². The number of nitrogen functional groups attached to an aromatic ring is 1. The molecule has 17 heavy (non-hydrogen) atoms. The molecule has 0 saturated carbocycles. The van der Waals surface area contributed by atoms with Crippen molar-refractivity contribution in [3.63, 3.8) is 0 Å². The predicted octanol–water partition coefficient (Wildman–Crippen LogP) is 2.97. The van der Waals surface area contributed by atoms with E-state index >= 15 is 0 Å². The Morgan fingerprint density at radius 1 is 1.18 bits per heavy atom. The van der Waals surface area contributed by atoms with E-state index in [1.165, 1.54) is 12.1 Å². The maximum absolute atomic E-state index is 12.2. The van der Waals surface area contributed by atoms with Crippen molar-refractivity contribution in [2.75, 3.05) is 5.73 Å². The Balaban J connectivity index is 2.47. The van der Waals surface area contributed by atoms with Gasteiger partial charge in [-0.2, -0.15) is 0 Å². The summed E-state index contributed by atoms with van der Waals surface area (Å²) in [5.74, 6) is -0.149. The topological polar surface area (TPSA) is 63.3 Å². The highest BCUT2D eigenvalue weighted by Gasteiger charge is 2.13. The summed E-state index contributed by atoms with van der Waals surface area (Å²) in [7, 11) is 0. The van der Waals surface area contributed by atoms with Gasteiger partial charge in [-0.1, -0.05) is 28.1 Å². The lowest BCUT2D eigenvalue weighted by atomic mass is 10.0. The SMILES string of the molecule is Nc1ccc(Br)cc1C(=O)c1cccc(O)c1. The first-order valence-electron chi connectivity index (χ1n) is 4.96. The second kappa shape index (κ2) is 4.59. The second-order valence-corrected chi connectivity index (χ2v) is 4.53. The van der Waals surface area contributed by atoms with Crippen molar-refractivity contribution in [1.82, 2.24) is 0 Å². The second-order valence-electron chi connectivity index (χ2n) is 3.61. The fraction of sp³-hybridized carbons (Fsp3) is 0. The molecule has 0 aliphatic carbocycles. The largest absolute Gasteiger partial charge is 0.508 e. The molecule has 2 rings (SSSR count). The Bertz CT molecular complexity index is 581. The Labute approximate surface area is 107 Å². The van der Waals surface area contributed by atoms with Crippen LogP contribution in [-0.2, 0) is 0 Å². The van der Waals surface area contributed by atoms with E-state index in [1.54, 1.807) is 30.3 Å². The minimum Gasteiger partial charge on any atom is -0.508 e. The number of benzene rings is 2. The summed E-state index contributed by atoms with van der Waals surface area (Å²) in [5.41, 5.74) is 7.01. The van der Waals surface area contributed by atoms with Gasteiger partial charge in [0.05, 0.1) is 0 Å². The molecule has 0 aliphatic heterocycles. The molecule has 0 unspecified atom stereocenters. The summed E-state index contributed by atoms with van der Waals surface area (Å²) in [4.78, 5) is 12.2. The van der Waals surface area contributed by atoms with Gasteiger partial charge >= 0.3 is 0 Å². The molecule has 3 nitrogen and oxygen atoms in total. The number of rotatable bonds is 2. The van der Waals surface area contributed by atoms with Crippen molar-refractivity contribution in [1.29, 1.82) is 0 Å². The summed E-state index contributed by atoms with van der Waals surface area (Å²) in [6.07, 6.45) is 0. The van der Waals surface area contributed by atoms with E-state index in [0.29, 0.717) is 16.8 Å². The Hall–Kier alpha value is -1.81. The van der Waals surface area contributed by atoms with Crippen molar-refractivity contribution in [3.05, 3.63) is 58.1 Å². The fourth-order valence-corrected chi connectivity index (χ4v) is 1.89. The third-order valence-electron chi connectivity index (χ3n) is 2.37. The number of carbonyl (C=O) groups is 1.